The molecule has 1 atom stereocenters. The van der Waals surface area contributed by atoms with Gasteiger partial charge in [-0.2, -0.15) is 0 Å². The molecule has 0 N–H and O–H groups in total. The second-order valence-corrected chi connectivity index (χ2v) is 10.0. The lowest BCUT2D eigenvalue weighted by Gasteiger charge is -2.44. The largest absolute Gasteiger partial charge is 0.342 e. The molecule has 7 heteroatoms. The number of amides is 2. The van der Waals surface area contributed by atoms with E-state index in [1.807, 2.05) is 17.3 Å². The molecule has 2 saturated heterocycles. The number of hydrogen-bond donors (Lipinski definition) is 0. The highest BCUT2D eigenvalue weighted by Crippen LogP contribution is 2.31. The van der Waals surface area contributed by atoms with Crippen LogP contribution in [0.4, 0.5) is 4.39 Å². The van der Waals surface area contributed by atoms with Gasteiger partial charge in [0.25, 0.3) is 0 Å². The average Bonchev–Trinajstić information content (AvgIpc) is 3.33. The molecule has 0 spiro atoms. The van der Waals surface area contributed by atoms with Crippen molar-refractivity contribution in [1.29, 1.82) is 0 Å². The topological polar surface area (TPSA) is 58.4 Å². The van der Waals surface area contributed by atoms with Crippen molar-refractivity contribution in [3.63, 3.8) is 0 Å². The van der Waals surface area contributed by atoms with Crippen molar-refractivity contribution in [3.05, 3.63) is 53.9 Å². The van der Waals surface area contributed by atoms with E-state index < -0.39 is 0 Å². The van der Waals surface area contributed by atoms with Crippen molar-refractivity contribution in [1.82, 2.24) is 19.4 Å². The van der Waals surface area contributed by atoms with Gasteiger partial charge in [0.1, 0.15) is 11.6 Å². The summed E-state index contributed by atoms with van der Waals surface area (Å²) in [6.07, 6.45) is 9.43. The van der Waals surface area contributed by atoms with Crippen LogP contribution in [-0.2, 0) is 22.6 Å². The molecule has 1 aromatic carbocycles. The van der Waals surface area contributed by atoms with Crippen LogP contribution in [0.15, 0.2) is 36.7 Å². The van der Waals surface area contributed by atoms with Crippen LogP contribution in [0.25, 0.3) is 0 Å². The zero-order valence-corrected chi connectivity index (χ0v) is 20.5. The first-order chi connectivity index (χ1) is 16.4. The lowest BCUT2D eigenvalue weighted by atomic mass is 9.83. The second kappa shape index (κ2) is 11.2. The van der Waals surface area contributed by atoms with E-state index in [0.717, 1.165) is 44.5 Å². The lowest BCUT2D eigenvalue weighted by Crippen LogP contribution is -2.51. The zero-order chi connectivity index (χ0) is 24.1. The second-order valence-electron chi connectivity index (χ2n) is 10.0. The number of aryl methyl sites for hydroxylation is 1. The molecular weight excluding hydrogens is 431 g/mol. The molecule has 2 aliphatic rings. The molecule has 4 rings (SSSR count). The number of nitrogens with zero attached hydrogens (tertiary/aromatic N) is 4. The van der Waals surface area contributed by atoms with Gasteiger partial charge in [0.15, 0.2) is 0 Å². The number of aromatic nitrogens is 2. The predicted molar refractivity (Wildman–Crippen MR) is 130 cm³/mol. The number of carbonyl (C=O) groups is 2. The third-order valence-electron chi connectivity index (χ3n) is 7.44. The minimum atomic E-state index is -0.321. The molecule has 2 fully saturated rings. The third kappa shape index (κ3) is 5.68. The van der Waals surface area contributed by atoms with Gasteiger partial charge in [-0.3, -0.25) is 9.59 Å². The highest BCUT2D eigenvalue weighted by atomic mass is 19.1. The number of piperidine rings is 2. The van der Waals surface area contributed by atoms with Gasteiger partial charge in [-0.15, -0.1) is 0 Å². The van der Waals surface area contributed by atoms with E-state index in [-0.39, 0.29) is 30.1 Å². The van der Waals surface area contributed by atoms with Gasteiger partial charge in [0.05, 0.1) is 6.42 Å². The van der Waals surface area contributed by atoms with Crippen molar-refractivity contribution < 1.29 is 14.0 Å². The maximum Gasteiger partial charge on any atom is 0.227 e. The molecule has 3 heterocycles. The first-order valence-corrected chi connectivity index (χ1v) is 12.8. The van der Waals surface area contributed by atoms with Crippen molar-refractivity contribution in [3.8, 4) is 0 Å². The highest BCUT2D eigenvalue weighted by molar-refractivity contribution is 5.79. The normalized spacial score (nSPS) is 19.6. The number of benzene rings is 1. The van der Waals surface area contributed by atoms with Crippen molar-refractivity contribution >= 4 is 11.8 Å². The lowest BCUT2D eigenvalue weighted by molar-refractivity contribution is -0.139. The summed E-state index contributed by atoms with van der Waals surface area (Å²) in [6.45, 7) is 7.10. The monoisotopic (exact) mass is 468 g/mol. The van der Waals surface area contributed by atoms with E-state index in [1.54, 1.807) is 18.2 Å². The first kappa shape index (κ1) is 24.4. The Kier molecular flexibility index (Phi) is 8.01. The van der Waals surface area contributed by atoms with Crippen LogP contribution in [0.2, 0.25) is 0 Å². The number of likely N-dealkylation sites (tertiary alicyclic amines) is 2. The number of imidazole rings is 1. The molecule has 0 bridgehead atoms. The standard InChI is InChI=1S/C27H37FN4O2/c1-20(2)27-29-13-18-31(27)17-12-25(33)32-14-6-5-9-24(32)21-10-15-30(16-11-21)26(34)19-22-7-3-4-8-23(22)28/h3-4,7-8,13,18,20-21,24H,5-6,9-12,14-17,19H2,1-2H3/t24-/m1/s1. The third-order valence-corrected chi connectivity index (χ3v) is 7.44. The fourth-order valence-corrected chi connectivity index (χ4v) is 5.58. The van der Waals surface area contributed by atoms with Crippen molar-refractivity contribution in [2.24, 2.45) is 5.92 Å². The molecule has 184 valence electrons. The predicted octanol–water partition coefficient (Wildman–Crippen LogP) is 4.40. The van der Waals surface area contributed by atoms with Crippen LogP contribution in [0, 0.1) is 11.7 Å². The smallest absolute Gasteiger partial charge is 0.227 e. The Hall–Kier alpha value is -2.70. The summed E-state index contributed by atoms with van der Waals surface area (Å²) in [7, 11) is 0. The fraction of sp³-hybridized carbons (Fsp3) is 0.593. The van der Waals surface area contributed by atoms with E-state index >= 15 is 0 Å². The summed E-state index contributed by atoms with van der Waals surface area (Å²) in [6, 6.07) is 6.75. The molecular formula is C27H37FN4O2. The Morgan fingerprint density at radius 1 is 1.06 bits per heavy atom. The van der Waals surface area contributed by atoms with Crippen LogP contribution in [0.5, 0.6) is 0 Å². The van der Waals surface area contributed by atoms with E-state index in [4.69, 9.17) is 0 Å². The Labute approximate surface area is 202 Å². The summed E-state index contributed by atoms with van der Waals surface area (Å²) in [4.78, 5) is 34.4. The zero-order valence-electron chi connectivity index (χ0n) is 20.5. The molecule has 34 heavy (non-hydrogen) atoms. The summed E-state index contributed by atoms with van der Waals surface area (Å²) in [5.41, 5.74) is 0.456. The Morgan fingerprint density at radius 2 is 1.82 bits per heavy atom. The average molecular weight is 469 g/mol. The highest BCUT2D eigenvalue weighted by Gasteiger charge is 2.35. The summed E-state index contributed by atoms with van der Waals surface area (Å²) < 4.78 is 16.0. The molecule has 2 amide bonds. The molecule has 0 saturated carbocycles. The minimum absolute atomic E-state index is 0.0126. The summed E-state index contributed by atoms with van der Waals surface area (Å²) in [5.74, 6) is 1.67. The molecule has 0 radical (unpaired) electrons. The van der Waals surface area contributed by atoms with E-state index in [0.29, 0.717) is 43.5 Å². The van der Waals surface area contributed by atoms with Gasteiger partial charge in [-0.1, -0.05) is 32.0 Å². The van der Waals surface area contributed by atoms with Gasteiger partial charge < -0.3 is 14.4 Å². The van der Waals surface area contributed by atoms with Gasteiger partial charge in [0, 0.05) is 57.0 Å². The summed E-state index contributed by atoms with van der Waals surface area (Å²) in [5, 5.41) is 0. The maximum absolute atomic E-state index is 13.9. The van der Waals surface area contributed by atoms with E-state index in [1.165, 1.54) is 6.07 Å². The van der Waals surface area contributed by atoms with Gasteiger partial charge in [-0.05, 0) is 49.7 Å². The first-order valence-electron chi connectivity index (χ1n) is 12.8. The quantitative estimate of drug-likeness (QED) is 0.605. The fourth-order valence-electron chi connectivity index (χ4n) is 5.58. The van der Waals surface area contributed by atoms with E-state index in [2.05, 4.69) is 28.3 Å². The number of halogens is 1. The van der Waals surface area contributed by atoms with Gasteiger partial charge in [0.2, 0.25) is 11.8 Å². The number of rotatable bonds is 7. The number of hydrogen-bond acceptors (Lipinski definition) is 3. The summed E-state index contributed by atoms with van der Waals surface area (Å²) >= 11 is 0. The Morgan fingerprint density at radius 3 is 2.56 bits per heavy atom. The SMILES string of the molecule is CC(C)c1nccn1CCC(=O)N1CCCC[C@@H]1C1CCN(C(=O)Cc2ccccc2F)CC1. The van der Waals surface area contributed by atoms with E-state index in [9.17, 15) is 14.0 Å². The van der Waals surface area contributed by atoms with Crippen molar-refractivity contribution in [2.45, 2.75) is 77.3 Å². The van der Waals surface area contributed by atoms with Crippen molar-refractivity contribution in [2.75, 3.05) is 19.6 Å². The van der Waals surface area contributed by atoms with Crippen LogP contribution in [0.3, 0.4) is 0 Å². The number of carbonyl (C=O) groups excluding carboxylic acids is 2. The maximum atomic E-state index is 13.9. The molecule has 2 aliphatic heterocycles. The molecule has 1 aromatic heterocycles. The Balaban J connectivity index is 1.31. The van der Waals surface area contributed by atoms with Crippen LogP contribution >= 0.6 is 0 Å². The molecule has 6 nitrogen and oxygen atoms in total. The molecule has 0 unspecified atom stereocenters. The minimum Gasteiger partial charge on any atom is -0.342 e. The van der Waals surface area contributed by atoms with Crippen LogP contribution < -0.4 is 0 Å². The Bertz CT molecular complexity index is 981. The van der Waals surface area contributed by atoms with Gasteiger partial charge >= 0.3 is 0 Å². The van der Waals surface area contributed by atoms with Gasteiger partial charge in [-0.25, -0.2) is 9.37 Å². The van der Waals surface area contributed by atoms with Crippen LogP contribution in [-0.4, -0.2) is 56.8 Å². The molecule has 2 aromatic rings. The molecule has 0 aliphatic carbocycles. The van der Waals surface area contributed by atoms with Crippen LogP contribution in [0.1, 0.15) is 69.7 Å².